The monoisotopic (exact) mass is 234 g/mol. The van der Waals surface area contributed by atoms with Crippen LogP contribution in [0.25, 0.3) is 0 Å². The van der Waals surface area contributed by atoms with Crippen molar-refractivity contribution >= 4 is 22.9 Å². The van der Waals surface area contributed by atoms with E-state index in [1.165, 1.54) is 17.5 Å². The van der Waals surface area contributed by atoms with Gasteiger partial charge in [-0.3, -0.25) is 9.59 Å². The van der Waals surface area contributed by atoms with Gasteiger partial charge in [-0.15, -0.1) is 11.3 Å². The maximum absolute atomic E-state index is 11.6. The van der Waals surface area contributed by atoms with Gasteiger partial charge in [0.1, 0.15) is 5.69 Å². The van der Waals surface area contributed by atoms with Crippen LogP contribution in [0.15, 0.2) is 40.6 Å². The molecule has 5 heteroatoms. The van der Waals surface area contributed by atoms with Crippen molar-refractivity contribution in [3.05, 3.63) is 51.1 Å². The van der Waals surface area contributed by atoms with Crippen LogP contribution in [0.1, 0.15) is 4.88 Å². The second-order valence-electron chi connectivity index (χ2n) is 3.22. The van der Waals surface area contributed by atoms with E-state index in [0.29, 0.717) is 6.42 Å². The van der Waals surface area contributed by atoms with Crippen LogP contribution >= 0.6 is 11.3 Å². The summed E-state index contributed by atoms with van der Waals surface area (Å²) in [6.45, 7) is 0. The van der Waals surface area contributed by atoms with Crippen LogP contribution in [0.5, 0.6) is 0 Å². The van der Waals surface area contributed by atoms with Crippen molar-refractivity contribution in [3.63, 3.8) is 0 Å². The highest BCUT2D eigenvalue weighted by atomic mass is 32.1. The first-order chi connectivity index (χ1) is 7.75. The summed E-state index contributed by atoms with van der Waals surface area (Å²) in [6, 6.07) is 7.02. The van der Waals surface area contributed by atoms with Gasteiger partial charge in [0.05, 0.1) is 6.42 Å². The Bertz CT molecular complexity index is 531. The van der Waals surface area contributed by atoms with Gasteiger partial charge < -0.3 is 10.3 Å². The fourth-order valence-electron chi connectivity index (χ4n) is 1.29. The number of hydrogen-bond donors (Lipinski definition) is 2. The van der Waals surface area contributed by atoms with Gasteiger partial charge in [-0.05, 0) is 23.6 Å². The smallest absolute Gasteiger partial charge is 0.271 e. The number of carbonyl (C=O) groups is 1. The van der Waals surface area contributed by atoms with Gasteiger partial charge >= 0.3 is 0 Å². The molecule has 16 heavy (non-hydrogen) atoms. The number of aromatic amines is 1. The van der Waals surface area contributed by atoms with E-state index in [4.69, 9.17) is 0 Å². The second kappa shape index (κ2) is 4.76. The quantitative estimate of drug-likeness (QED) is 0.847. The molecular weight excluding hydrogens is 224 g/mol. The van der Waals surface area contributed by atoms with Gasteiger partial charge in [0.15, 0.2) is 0 Å². The lowest BCUT2D eigenvalue weighted by molar-refractivity contribution is -0.115. The normalized spacial score (nSPS) is 10.0. The molecule has 0 aliphatic carbocycles. The third-order valence-corrected chi connectivity index (χ3v) is 2.88. The van der Waals surface area contributed by atoms with Crippen molar-refractivity contribution < 1.29 is 4.79 Å². The number of anilines is 1. The molecule has 2 heterocycles. The summed E-state index contributed by atoms with van der Waals surface area (Å²) in [5, 5.41) is 4.49. The number of aromatic nitrogens is 1. The van der Waals surface area contributed by atoms with E-state index in [1.54, 1.807) is 12.1 Å². The molecular formula is C11H10N2O2S. The molecule has 0 aliphatic heterocycles. The number of amides is 1. The second-order valence-corrected chi connectivity index (χ2v) is 4.25. The van der Waals surface area contributed by atoms with Crippen molar-refractivity contribution in [1.29, 1.82) is 0 Å². The summed E-state index contributed by atoms with van der Waals surface area (Å²) >= 11 is 1.52. The Morgan fingerprint density at radius 1 is 1.38 bits per heavy atom. The third-order valence-electron chi connectivity index (χ3n) is 2.01. The van der Waals surface area contributed by atoms with E-state index in [0.717, 1.165) is 4.88 Å². The first-order valence-electron chi connectivity index (χ1n) is 4.75. The van der Waals surface area contributed by atoms with Crippen molar-refractivity contribution in [3.8, 4) is 0 Å². The highest BCUT2D eigenvalue weighted by molar-refractivity contribution is 7.10. The Kier molecular flexibility index (Phi) is 3.16. The summed E-state index contributed by atoms with van der Waals surface area (Å²) < 4.78 is 0. The predicted octanol–water partition coefficient (Wildman–Crippen LogP) is 1.62. The average Bonchev–Trinajstić information content (AvgIpc) is 2.74. The fraction of sp³-hybridized carbons (Fsp3) is 0.0909. The zero-order valence-electron chi connectivity index (χ0n) is 8.40. The van der Waals surface area contributed by atoms with Crippen LogP contribution in [0.3, 0.4) is 0 Å². The van der Waals surface area contributed by atoms with E-state index in [2.05, 4.69) is 10.3 Å². The minimum atomic E-state index is -0.290. The van der Waals surface area contributed by atoms with Crippen molar-refractivity contribution in [2.24, 2.45) is 0 Å². The molecule has 0 atom stereocenters. The largest absolute Gasteiger partial charge is 0.327 e. The van der Waals surface area contributed by atoms with Crippen LogP contribution in [0, 0.1) is 0 Å². The summed E-state index contributed by atoms with van der Waals surface area (Å²) in [7, 11) is 0. The summed E-state index contributed by atoms with van der Waals surface area (Å²) in [5.74, 6) is -0.181. The zero-order chi connectivity index (χ0) is 11.4. The minimum absolute atomic E-state index is 0.181. The van der Waals surface area contributed by atoms with Crippen LogP contribution in [0.4, 0.5) is 5.69 Å². The maximum Gasteiger partial charge on any atom is 0.271 e. The van der Waals surface area contributed by atoms with E-state index >= 15 is 0 Å². The average molecular weight is 234 g/mol. The summed E-state index contributed by atoms with van der Waals surface area (Å²) in [4.78, 5) is 26.3. The van der Waals surface area contributed by atoms with Gasteiger partial charge in [0.25, 0.3) is 5.56 Å². The minimum Gasteiger partial charge on any atom is -0.327 e. The molecule has 2 rings (SSSR count). The number of thiophene rings is 1. The van der Waals surface area contributed by atoms with E-state index in [-0.39, 0.29) is 17.2 Å². The molecule has 0 saturated heterocycles. The van der Waals surface area contributed by atoms with E-state index in [1.807, 2.05) is 17.5 Å². The van der Waals surface area contributed by atoms with E-state index in [9.17, 15) is 9.59 Å². The molecule has 0 unspecified atom stereocenters. The standard InChI is InChI=1S/C11H10N2O2S/c14-10(7-8-3-2-6-16-8)13-9-4-1-5-12-11(9)15/h1-6H,7H2,(H,12,15)(H,13,14). The molecule has 2 aromatic rings. The fourth-order valence-corrected chi connectivity index (χ4v) is 1.99. The highest BCUT2D eigenvalue weighted by Gasteiger charge is 2.06. The number of nitrogens with one attached hydrogen (secondary N) is 2. The van der Waals surface area contributed by atoms with E-state index < -0.39 is 0 Å². The maximum atomic E-state index is 11.6. The highest BCUT2D eigenvalue weighted by Crippen LogP contribution is 2.09. The number of carbonyl (C=O) groups excluding carboxylic acids is 1. The Balaban J connectivity index is 2.03. The van der Waals surface area contributed by atoms with Gasteiger partial charge in [-0.1, -0.05) is 6.07 Å². The molecule has 0 fully saturated rings. The van der Waals surface area contributed by atoms with Crippen molar-refractivity contribution in [2.75, 3.05) is 5.32 Å². The molecule has 0 saturated carbocycles. The Morgan fingerprint density at radius 2 is 2.25 bits per heavy atom. The lowest BCUT2D eigenvalue weighted by Gasteiger charge is -2.02. The number of pyridine rings is 1. The molecule has 2 aromatic heterocycles. The molecule has 4 nitrogen and oxygen atoms in total. The Morgan fingerprint density at radius 3 is 2.94 bits per heavy atom. The molecule has 82 valence electrons. The molecule has 2 N–H and O–H groups in total. The SMILES string of the molecule is O=C(Cc1cccs1)Nc1ccc[nH]c1=O. The van der Waals surface area contributed by atoms with Crippen LogP contribution in [-0.4, -0.2) is 10.9 Å². The van der Waals surface area contributed by atoms with Gasteiger partial charge in [0.2, 0.25) is 5.91 Å². The van der Waals surface area contributed by atoms with Crippen LogP contribution in [-0.2, 0) is 11.2 Å². The third kappa shape index (κ3) is 2.58. The molecule has 0 aliphatic rings. The molecule has 0 bridgehead atoms. The lowest BCUT2D eigenvalue weighted by Crippen LogP contribution is -2.20. The number of H-pyrrole nitrogens is 1. The van der Waals surface area contributed by atoms with Gasteiger partial charge in [0, 0.05) is 11.1 Å². The lowest BCUT2D eigenvalue weighted by atomic mass is 10.3. The Labute approximate surface area is 96.0 Å². The predicted molar refractivity (Wildman–Crippen MR) is 63.7 cm³/mol. The van der Waals surface area contributed by atoms with Crippen molar-refractivity contribution in [2.45, 2.75) is 6.42 Å². The first kappa shape index (κ1) is 10.6. The summed E-state index contributed by atoms with van der Waals surface area (Å²) in [5.41, 5.74) is -0.00825. The molecule has 1 amide bonds. The molecule has 0 spiro atoms. The first-order valence-corrected chi connectivity index (χ1v) is 5.63. The summed E-state index contributed by atoms with van der Waals surface area (Å²) in [6.07, 6.45) is 1.82. The zero-order valence-corrected chi connectivity index (χ0v) is 9.21. The number of rotatable bonds is 3. The van der Waals surface area contributed by atoms with Crippen LogP contribution < -0.4 is 10.9 Å². The topological polar surface area (TPSA) is 62.0 Å². The Hall–Kier alpha value is -1.88. The van der Waals surface area contributed by atoms with Gasteiger partial charge in [-0.2, -0.15) is 0 Å². The molecule has 0 aromatic carbocycles. The van der Waals surface area contributed by atoms with Gasteiger partial charge in [-0.25, -0.2) is 0 Å². The number of hydrogen-bond acceptors (Lipinski definition) is 3. The van der Waals surface area contributed by atoms with Crippen LogP contribution in [0.2, 0.25) is 0 Å². The van der Waals surface area contributed by atoms with Crippen molar-refractivity contribution in [1.82, 2.24) is 4.98 Å². The molecule has 0 radical (unpaired) electrons.